The zero-order valence-electron chi connectivity index (χ0n) is 18.3. The lowest BCUT2D eigenvalue weighted by Crippen LogP contribution is -2.45. The molecular weight excluding hydrogens is 448 g/mol. The average molecular weight is 472 g/mol. The molecule has 1 aliphatic heterocycles. The number of aromatic nitrogens is 3. The molecule has 1 saturated heterocycles. The van der Waals surface area contributed by atoms with Crippen molar-refractivity contribution in [2.24, 2.45) is 5.92 Å². The van der Waals surface area contributed by atoms with Crippen LogP contribution in [0.25, 0.3) is 0 Å². The predicted octanol–water partition coefficient (Wildman–Crippen LogP) is 3.74. The van der Waals surface area contributed by atoms with Crippen molar-refractivity contribution in [3.05, 3.63) is 35.2 Å². The summed E-state index contributed by atoms with van der Waals surface area (Å²) in [5.41, 5.74) is -3.45. The Bertz CT molecular complexity index is 1040. The molecule has 12 heteroatoms. The van der Waals surface area contributed by atoms with Crippen LogP contribution in [0.1, 0.15) is 60.9 Å². The smallest absolute Gasteiger partial charge is 0.425 e. The molecule has 0 bridgehead atoms. The van der Waals surface area contributed by atoms with Gasteiger partial charge in [-0.3, -0.25) is 9.78 Å². The number of aryl methyl sites for hydroxylation is 1. The van der Waals surface area contributed by atoms with Crippen molar-refractivity contribution in [2.45, 2.75) is 63.5 Å². The van der Waals surface area contributed by atoms with Crippen LogP contribution in [-0.4, -0.2) is 46.5 Å². The molecule has 2 atom stereocenters. The first kappa shape index (κ1) is 23.4. The summed E-state index contributed by atoms with van der Waals surface area (Å²) in [6.07, 6.45) is -3.32. The third-order valence-electron chi connectivity index (χ3n) is 5.81. The Labute approximate surface area is 187 Å². The first-order valence-corrected chi connectivity index (χ1v) is 10.5. The largest absolute Gasteiger partial charge is 0.481 e. The van der Waals surface area contributed by atoms with Crippen LogP contribution < -0.4 is 10.1 Å². The highest BCUT2D eigenvalue weighted by Crippen LogP contribution is 2.42. The second-order valence-electron chi connectivity index (χ2n) is 8.90. The van der Waals surface area contributed by atoms with Gasteiger partial charge in [0, 0.05) is 19.2 Å². The van der Waals surface area contributed by atoms with E-state index in [-0.39, 0.29) is 30.3 Å². The summed E-state index contributed by atoms with van der Waals surface area (Å²) in [6, 6.07) is 1.02. The summed E-state index contributed by atoms with van der Waals surface area (Å²) in [5.74, 6) is -0.106. The fourth-order valence-corrected chi connectivity index (χ4v) is 3.62. The number of carbonyl (C=O) groups is 1. The van der Waals surface area contributed by atoms with Gasteiger partial charge in [-0.2, -0.15) is 18.2 Å². The monoisotopic (exact) mass is 472 g/mol. The molecule has 3 heterocycles. The summed E-state index contributed by atoms with van der Waals surface area (Å²) in [5, 5.41) is 6.76. The minimum atomic E-state index is -4.68. The highest BCUT2D eigenvalue weighted by molar-refractivity contribution is 5.93. The molecular formula is C21H24F4N4O4. The van der Waals surface area contributed by atoms with E-state index in [9.17, 15) is 22.4 Å². The van der Waals surface area contributed by atoms with Gasteiger partial charge in [0.1, 0.15) is 17.0 Å². The van der Waals surface area contributed by atoms with Gasteiger partial charge in [-0.05, 0) is 26.2 Å². The number of halogens is 4. The Kier molecular flexibility index (Phi) is 5.83. The van der Waals surface area contributed by atoms with Crippen molar-refractivity contribution in [3.8, 4) is 5.75 Å². The molecule has 4 rings (SSSR count). The van der Waals surface area contributed by atoms with E-state index in [1.54, 1.807) is 13.8 Å². The third-order valence-corrected chi connectivity index (χ3v) is 5.81. The Morgan fingerprint density at radius 2 is 2.06 bits per heavy atom. The van der Waals surface area contributed by atoms with Gasteiger partial charge in [0.05, 0.1) is 18.8 Å². The van der Waals surface area contributed by atoms with Crippen LogP contribution in [0.4, 0.5) is 17.6 Å². The Hall–Kier alpha value is -2.76. The lowest BCUT2D eigenvalue weighted by molar-refractivity contribution is -0.190. The van der Waals surface area contributed by atoms with E-state index in [1.807, 2.05) is 0 Å². The first-order chi connectivity index (χ1) is 15.4. The third kappa shape index (κ3) is 4.94. The normalized spacial score (nSPS) is 20.5. The van der Waals surface area contributed by atoms with Gasteiger partial charge in [-0.15, -0.1) is 0 Å². The number of nitrogens with one attached hydrogen (secondary N) is 1. The molecule has 2 unspecified atom stereocenters. The van der Waals surface area contributed by atoms with E-state index in [0.717, 1.165) is 32.0 Å². The molecule has 1 amide bonds. The Morgan fingerprint density at radius 3 is 2.58 bits per heavy atom. The predicted molar refractivity (Wildman–Crippen MR) is 105 cm³/mol. The van der Waals surface area contributed by atoms with Crippen molar-refractivity contribution >= 4 is 5.91 Å². The molecule has 1 N–H and O–H groups in total. The van der Waals surface area contributed by atoms with E-state index in [1.165, 1.54) is 0 Å². The highest BCUT2D eigenvalue weighted by Gasteiger charge is 2.46. The zero-order chi connectivity index (χ0) is 24.0. The lowest BCUT2D eigenvalue weighted by Gasteiger charge is -2.35. The maximum atomic E-state index is 15.0. The summed E-state index contributed by atoms with van der Waals surface area (Å²) >= 11 is 0. The van der Waals surface area contributed by atoms with Crippen molar-refractivity contribution < 1.29 is 36.4 Å². The van der Waals surface area contributed by atoms with Crippen LogP contribution in [0.3, 0.4) is 0 Å². The van der Waals surface area contributed by atoms with Crippen LogP contribution in [0.15, 0.2) is 16.8 Å². The van der Waals surface area contributed by atoms with Gasteiger partial charge in [-0.1, -0.05) is 18.0 Å². The van der Waals surface area contributed by atoms with Gasteiger partial charge in [0.25, 0.3) is 5.91 Å². The van der Waals surface area contributed by atoms with Crippen LogP contribution in [0.2, 0.25) is 0 Å². The van der Waals surface area contributed by atoms with E-state index >= 15 is 0 Å². The van der Waals surface area contributed by atoms with Crippen molar-refractivity contribution in [1.82, 2.24) is 20.4 Å². The van der Waals surface area contributed by atoms with Gasteiger partial charge >= 0.3 is 6.18 Å². The highest BCUT2D eigenvalue weighted by atomic mass is 19.4. The molecule has 0 radical (unpaired) electrons. The van der Waals surface area contributed by atoms with Gasteiger partial charge in [-0.25, -0.2) is 4.39 Å². The Morgan fingerprint density at radius 1 is 1.36 bits per heavy atom. The number of ether oxygens (including phenoxy) is 2. The number of carbonyl (C=O) groups excluding carboxylic acids is 1. The molecule has 2 aliphatic rings. The fourth-order valence-electron chi connectivity index (χ4n) is 3.62. The number of amides is 1. The first-order valence-electron chi connectivity index (χ1n) is 10.5. The van der Waals surface area contributed by atoms with E-state index in [0.29, 0.717) is 18.2 Å². The molecule has 8 nitrogen and oxygen atoms in total. The Balaban J connectivity index is 1.63. The second-order valence-corrected chi connectivity index (χ2v) is 8.90. The van der Waals surface area contributed by atoms with Crippen LogP contribution in [-0.2, 0) is 15.9 Å². The number of rotatable bonds is 8. The minimum absolute atomic E-state index is 0.198. The molecule has 1 aliphatic carbocycles. The van der Waals surface area contributed by atoms with Crippen molar-refractivity contribution in [2.75, 3.05) is 13.2 Å². The van der Waals surface area contributed by atoms with Crippen LogP contribution in [0, 0.1) is 12.8 Å². The number of nitrogens with zero attached hydrogens (tertiary/aromatic N) is 3. The molecule has 1 saturated carbocycles. The molecule has 33 heavy (non-hydrogen) atoms. The maximum absolute atomic E-state index is 15.0. The molecule has 2 aromatic rings. The molecule has 180 valence electrons. The summed E-state index contributed by atoms with van der Waals surface area (Å²) in [7, 11) is 0. The summed E-state index contributed by atoms with van der Waals surface area (Å²) < 4.78 is 69.2. The molecule has 2 aromatic heterocycles. The SMILES string of the molecule is Cc1nc(C(C)(CC2CC2)NC(=O)c2cc(OC(C)C(F)(F)F)c(C3(F)COC3)cn2)no1. The van der Waals surface area contributed by atoms with Gasteiger partial charge < -0.3 is 19.3 Å². The maximum Gasteiger partial charge on any atom is 0.425 e. The number of alkyl halides is 4. The number of hydrogen-bond donors (Lipinski definition) is 1. The second kappa shape index (κ2) is 8.23. The molecule has 0 spiro atoms. The lowest BCUT2D eigenvalue weighted by atomic mass is 9.92. The average Bonchev–Trinajstić information content (AvgIpc) is 3.40. The molecule has 0 aromatic carbocycles. The standard InChI is InChI=1S/C21H24F4N4O4/c1-11(21(23,24)25)32-16-6-15(26-8-14(16)20(22)9-31-10-20)17(30)28-19(3,7-13-4-5-13)18-27-12(2)33-29-18/h6,8,11,13H,4-5,7,9-10H2,1-3H3,(H,28,30). The van der Waals surface area contributed by atoms with Crippen molar-refractivity contribution in [1.29, 1.82) is 0 Å². The van der Waals surface area contributed by atoms with E-state index in [4.69, 9.17) is 14.0 Å². The number of hydrogen-bond acceptors (Lipinski definition) is 7. The molecule has 2 fully saturated rings. The summed E-state index contributed by atoms with van der Waals surface area (Å²) in [6.45, 7) is 3.49. The van der Waals surface area contributed by atoms with Gasteiger partial charge in [0.2, 0.25) is 5.89 Å². The van der Waals surface area contributed by atoms with Crippen LogP contribution in [0.5, 0.6) is 5.75 Å². The van der Waals surface area contributed by atoms with E-state index < -0.39 is 35.1 Å². The topological polar surface area (TPSA) is 99.4 Å². The van der Waals surface area contributed by atoms with Crippen molar-refractivity contribution in [3.63, 3.8) is 0 Å². The fraction of sp³-hybridized carbons (Fsp3) is 0.619. The quantitative estimate of drug-likeness (QED) is 0.585. The summed E-state index contributed by atoms with van der Waals surface area (Å²) in [4.78, 5) is 21.3. The van der Waals surface area contributed by atoms with Crippen LogP contribution >= 0.6 is 0 Å². The number of pyridine rings is 1. The van der Waals surface area contributed by atoms with Gasteiger partial charge in [0.15, 0.2) is 17.6 Å². The van der Waals surface area contributed by atoms with E-state index in [2.05, 4.69) is 20.4 Å². The zero-order valence-corrected chi connectivity index (χ0v) is 18.3. The minimum Gasteiger partial charge on any atom is -0.481 e.